The van der Waals surface area contributed by atoms with E-state index in [4.69, 9.17) is 13.9 Å². The molecule has 1 saturated heterocycles. The van der Waals surface area contributed by atoms with Gasteiger partial charge in [-0.05, 0) is 43.7 Å². The SMILES string of the molecule is c1coc(CN2CCO[C@H]3[C@H](OCC4CC4)CC[C@@H]32)c1. The molecule has 2 saturated carbocycles. The minimum absolute atomic E-state index is 0.262. The first-order valence-electron chi connectivity index (χ1n) is 7.90. The first-order valence-corrected chi connectivity index (χ1v) is 7.90. The number of ether oxygens (including phenoxy) is 2. The first kappa shape index (κ1) is 12.9. The quantitative estimate of drug-likeness (QED) is 0.828. The highest BCUT2D eigenvalue weighted by molar-refractivity contribution is 5.02. The lowest BCUT2D eigenvalue weighted by Gasteiger charge is -2.38. The molecule has 4 rings (SSSR count). The van der Waals surface area contributed by atoms with Crippen LogP contribution in [0.3, 0.4) is 0 Å². The number of hydrogen-bond acceptors (Lipinski definition) is 4. The number of nitrogens with zero attached hydrogens (tertiary/aromatic N) is 1. The van der Waals surface area contributed by atoms with Crippen LogP contribution in [-0.4, -0.2) is 42.9 Å². The summed E-state index contributed by atoms with van der Waals surface area (Å²) in [7, 11) is 0. The van der Waals surface area contributed by atoms with Gasteiger partial charge in [0.25, 0.3) is 0 Å². The largest absolute Gasteiger partial charge is 0.468 e. The van der Waals surface area contributed by atoms with Crippen molar-refractivity contribution in [2.75, 3.05) is 19.8 Å². The topological polar surface area (TPSA) is 34.8 Å². The number of hydrogen-bond donors (Lipinski definition) is 0. The highest BCUT2D eigenvalue weighted by Crippen LogP contribution is 2.35. The molecule has 0 aromatic carbocycles. The average Bonchev–Trinajstić information content (AvgIpc) is 2.98. The van der Waals surface area contributed by atoms with Crippen molar-refractivity contribution in [1.29, 1.82) is 0 Å². The summed E-state index contributed by atoms with van der Waals surface area (Å²) in [4.78, 5) is 2.51. The van der Waals surface area contributed by atoms with Gasteiger partial charge >= 0.3 is 0 Å². The third-order valence-electron chi connectivity index (χ3n) is 4.83. The van der Waals surface area contributed by atoms with Crippen LogP contribution < -0.4 is 0 Å². The van der Waals surface area contributed by atoms with Gasteiger partial charge in [0.1, 0.15) is 5.76 Å². The van der Waals surface area contributed by atoms with E-state index in [0.29, 0.717) is 12.1 Å². The fraction of sp³-hybridized carbons (Fsp3) is 0.750. The van der Waals surface area contributed by atoms with Gasteiger partial charge in [0.15, 0.2) is 0 Å². The highest BCUT2D eigenvalue weighted by atomic mass is 16.5. The molecule has 1 aromatic heterocycles. The maximum absolute atomic E-state index is 6.10. The third kappa shape index (κ3) is 2.65. The minimum Gasteiger partial charge on any atom is -0.468 e. The summed E-state index contributed by atoms with van der Waals surface area (Å²) >= 11 is 0. The Balaban J connectivity index is 1.37. The standard InChI is InChI=1S/C16H23NO3/c1-2-13(18-8-1)10-17-7-9-19-16-14(17)5-6-15(16)20-11-12-3-4-12/h1-2,8,12,14-16H,3-7,9-11H2/t14-,15+,16+/m0/s1. The van der Waals surface area contributed by atoms with Crippen LogP contribution in [0.15, 0.2) is 22.8 Å². The molecular formula is C16H23NO3. The van der Waals surface area contributed by atoms with Crippen LogP contribution in [0, 0.1) is 5.92 Å². The van der Waals surface area contributed by atoms with E-state index in [-0.39, 0.29) is 6.10 Å². The number of morpholine rings is 1. The van der Waals surface area contributed by atoms with Gasteiger partial charge < -0.3 is 13.9 Å². The molecule has 110 valence electrons. The van der Waals surface area contributed by atoms with Crippen molar-refractivity contribution < 1.29 is 13.9 Å². The van der Waals surface area contributed by atoms with Gasteiger partial charge in [-0.3, -0.25) is 4.90 Å². The molecular weight excluding hydrogens is 254 g/mol. The zero-order valence-electron chi connectivity index (χ0n) is 11.9. The summed E-state index contributed by atoms with van der Waals surface area (Å²) in [6.07, 6.45) is 7.34. The molecule has 1 aliphatic heterocycles. The summed E-state index contributed by atoms with van der Waals surface area (Å²) in [5.74, 6) is 1.88. The van der Waals surface area contributed by atoms with Crippen molar-refractivity contribution in [3.8, 4) is 0 Å². The Morgan fingerprint density at radius 3 is 3.00 bits per heavy atom. The molecule has 2 heterocycles. The van der Waals surface area contributed by atoms with Crippen LogP contribution in [0.4, 0.5) is 0 Å². The smallest absolute Gasteiger partial charge is 0.117 e. The van der Waals surface area contributed by atoms with Crippen molar-refractivity contribution in [2.24, 2.45) is 5.92 Å². The molecule has 3 atom stereocenters. The summed E-state index contributed by atoms with van der Waals surface area (Å²) in [6, 6.07) is 4.52. The van der Waals surface area contributed by atoms with E-state index < -0.39 is 0 Å². The Hall–Kier alpha value is -0.840. The predicted molar refractivity (Wildman–Crippen MR) is 74.3 cm³/mol. The molecule has 0 bridgehead atoms. The minimum atomic E-state index is 0.262. The van der Waals surface area contributed by atoms with E-state index in [1.807, 2.05) is 6.07 Å². The second kappa shape index (κ2) is 5.51. The van der Waals surface area contributed by atoms with Gasteiger partial charge in [-0.1, -0.05) is 0 Å². The molecule has 0 amide bonds. The maximum atomic E-state index is 6.10. The van der Waals surface area contributed by atoms with Crippen molar-refractivity contribution in [2.45, 2.75) is 50.5 Å². The Kier molecular flexibility index (Phi) is 3.54. The van der Waals surface area contributed by atoms with Crippen LogP contribution in [0.2, 0.25) is 0 Å². The fourth-order valence-electron chi connectivity index (χ4n) is 3.51. The zero-order chi connectivity index (χ0) is 13.4. The number of rotatable bonds is 5. The van der Waals surface area contributed by atoms with Crippen LogP contribution in [0.5, 0.6) is 0 Å². The van der Waals surface area contributed by atoms with Gasteiger partial charge in [-0.25, -0.2) is 0 Å². The number of furan rings is 1. The molecule has 0 spiro atoms. The van der Waals surface area contributed by atoms with Crippen molar-refractivity contribution in [1.82, 2.24) is 4.90 Å². The van der Waals surface area contributed by atoms with E-state index in [2.05, 4.69) is 11.0 Å². The lowest BCUT2D eigenvalue weighted by Crippen LogP contribution is -2.51. The third-order valence-corrected chi connectivity index (χ3v) is 4.83. The molecule has 0 N–H and O–H groups in total. The second-order valence-electron chi connectivity index (χ2n) is 6.35. The van der Waals surface area contributed by atoms with E-state index in [0.717, 1.165) is 44.4 Å². The normalized spacial score (nSPS) is 34.3. The number of fused-ring (bicyclic) bond motifs is 1. The van der Waals surface area contributed by atoms with Crippen LogP contribution in [0.25, 0.3) is 0 Å². The molecule has 0 radical (unpaired) electrons. The fourth-order valence-corrected chi connectivity index (χ4v) is 3.51. The molecule has 4 heteroatoms. The van der Waals surface area contributed by atoms with Gasteiger partial charge in [0.05, 0.1) is 31.6 Å². The van der Waals surface area contributed by atoms with Crippen molar-refractivity contribution in [3.63, 3.8) is 0 Å². The summed E-state index contributed by atoms with van der Waals surface area (Å²) < 4.78 is 17.6. The summed E-state index contributed by atoms with van der Waals surface area (Å²) in [6.45, 7) is 3.64. The lowest BCUT2D eigenvalue weighted by molar-refractivity contribution is -0.117. The Morgan fingerprint density at radius 2 is 2.20 bits per heavy atom. The molecule has 3 fully saturated rings. The van der Waals surface area contributed by atoms with E-state index in [9.17, 15) is 0 Å². The molecule has 4 nitrogen and oxygen atoms in total. The Bertz CT molecular complexity index is 429. The van der Waals surface area contributed by atoms with Crippen LogP contribution in [0.1, 0.15) is 31.4 Å². The zero-order valence-corrected chi connectivity index (χ0v) is 11.9. The van der Waals surface area contributed by atoms with Crippen molar-refractivity contribution >= 4 is 0 Å². The Morgan fingerprint density at radius 1 is 1.25 bits per heavy atom. The second-order valence-corrected chi connectivity index (χ2v) is 6.35. The van der Waals surface area contributed by atoms with E-state index >= 15 is 0 Å². The summed E-state index contributed by atoms with van der Waals surface area (Å²) in [5, 5.41) is 0. The van der Waals surface area contributed by atoms with Gasteiger partial charge in [0.2, 0.25) is 0 Å². The van der Waals surface area contributed by atoms with Crippen LogP contribution in [-0.2, 0) is 16.0 Å². The average molecular weight is 277 g/mol. The van der Waals surface area contributed by atoms with Gasteiger partial charge in [0, 0.05) is 19.2 Å². The first-order chi connectivity index (χ1) is 9.90. The molecule has 2 aliphatic carbocycles. The molecule has 20 heavy (non-hydrogen) atoms. The van der Waals surface area contributed by atoms with E-state index in [1.165, 1.54) is 19.3 Å². The Labute approximate surface area is 120 Å². The predicted octanol–water partition coefficient (Wildman–Crippen LogP) is 2.44. The lowest BCUT2D eigenvalue weighted by atomic mass is 10.1. The molecule has 3 aliphatic rings. The summed E-state index contributed by atoms with van der Waals surface area (Å²) in [5.41, 5.74) is 0. The van der Waals surface area contributed by atoms with E-state index in [1.54, 1.807) is 6.26 Å². The molecule has 0 unspecified atom stereocenters. The van der Waals surface area contributed by atoms with Gasteiger partial charge in [-0.2, -0.15) is 0 Å². The van der Waals surface area contributed by atoms with Crippen molar-refractivity contribution in [3.05, 3.63) is 24.2 Å². The van der Waals surface area contributed by atoms with Gasteiger partial charge in [-0.15, -0.1) is 0 Å². The molecule has 1 aromatic rings. The van der Waals surface area contributed by atoms with Crippen LogP contribution >= 0.6 is 0 Å². The monoisotopic (exact) mass is 277 g/mol. The highest BCUT2D eigenvalue weighted by Gasteiger charge is 2.43. The maximum Gasteiger partial charge on any atom is 0.117 e.